The first-order valence-electron chi connectivity index (χ1n) is 8.36. The second-order valence-corrected chi connectivity index (χ2v) is 6.90. The van der Waals surface area contributed by atoms with Gasteiger partial charge in [0.15, 0.2) is 0 Å². The van der Waals surface area contributed by atoms with Crippen molar-refractivity contribution in [2.24, 2.45) is 0 Å². The average Bonchev–Trinajstić information content (AvgIpc) is 2.29. The highest BCUT2D eigenvalue weighted by Gasteiger charge is 2.04. The van der Waals surface area contributed by atoms with E-state index < -0.39 is 0 Å². The topological polar surface area (TPSA) is 31.5 Å². The molecule has 0 aliphatic rings. The molecule has 2 N–H and O–H groups in total. The lowest BCUT2D eigenvalue weighted by Crippen LogP contribution is -2.35. The minimum atomic E-state index is 0. The Labute approximate surface area is 122 Å². The summed E-state index contributed by atoms with van der Waals surface area (Å²) in [5.74, 6) is 0. The van der Waals surface area contributed by atoms with E-state index in [1.807, 2.05) is 0 Å². The van der Waals surface area contributed by atoms with Crippen LogP contribution >= 0.6 is 0 Å². The largest absolute Gasteiger partial charge is 0.412 e. The molecule has 0 amide bonds. The highest BCUT2D eigenvalue weighted by atomic mass is 16.0. The molecular formula is C17H40NO+. The predicted octanol–water partition coefficient (Wildman–Crippen LogP) is 4.57. The maximum Gasteiger partial charge on any atom is 0.0780 e. The molecule has 0 atom stereocenters. The molecule has 0 aliphatic heterocycles. The third-order valence-corrected chi connectivity index (χ3v) is 3.68. The molecule has 0 aromatic rings. The summed E-state index contributed by atoms with van der Waals surface area (Å²) < 4.78 is 1.12. The fourth-order valence-electron chi connectivity index (χ4n) is 2.43. The first kappa shape index (κ1) is 21.2. The highest BCUT2D eigenvalue weighted by molar-refractivity contribution is 4.48. The predicted molar refractivity (Wildman–Crippen MR) is 87.6 cm³/mol. The second kappa shape index (κ2) is 14.3. The molecule has 0 radical (unpaired) electrons. The van der Waals surface area contributed by atoms with Crippen LogP contribution in [0.5, 0.6) is 0 Å². The first-order valence-corrected chi connectivity index (χ1v) is 8.36. The van der Waals surface area contributed by atoms with Gasteiger partial charge in [-0.15, -0.1) is 0 Å². The van der Waals surface area contributed by atoms with Gasteiger partial charge in [-0.05, 0) is 12.8 Å². The van der Waals surface area contributed by atoms with Crippen molar-refractivity contribution in [3.8, 4) is 0 Å². The quantitative estimate of drug-likeness (QED) is 0.348. The summed E-state index contributed by atoms with van der Waals surface area (Å²) in [7, 11) is 6.87. The zero-order valence-electron chi connectivity index (χ0n) is 14.1. The van der Waals surface area contributed by atoms with E-state index in [0.717, 1.165) is 4.48 Å². The molecule has 0 aromatic carbocycles. The Bertz CT molecular complexity index is 163. The zero-order chi connectivity index (χ0) is 13.7. The molecule has 0 saturated carbocycles. The number of hydrogen-bond acceptors (Lipinski definition) is 0. The number of hydrogen-bond donors (Lipinski definition) is 0. The van der Waals surface area contributed by atoms with Crippen LogP contribution in [0.2, 0.25) is 0 Å². The van der Waals surface area contributed by atoms with Gasteiger partial charge >= 0.3 is 0 Å². The summed E-state index contributed by atoms with van der Waals surface area (Å²) in [4.78, 5) is 0. The molecule has 0 unspecified atom stereocenters. The summed E-state index contributed by atoms with van der Waals surface area (Å²) in [6, 6.07) is 0. The van der Waals surface area contributed by atoms with Crippen LogP contribution in [0, 0.1) is 0 Å². The van der Waals surface area contributed by atoms with Crippen molar-refractivity contribution in [2.45, 2.75) is 84.0 Å². The minimum Gasteiger partial charge on any atom is -0.412 e. The molecule has 0 aromatic heterocycles. The molecule has 2 nitrogen and oxygen atoms in total. The summed E-state index contributed by atoms with van der Waals surface area (Å²) in [5.41, 5.74) is 0. The molecule has 0 rings (SSSR count). The van der Waals surface area contributed by atoms with E-state index in [0.29, 0.717) is 0 Å². The number of unbranched alkanes of at least 4 members (excludes halogenated alkanes) is 11. The fourth-order valence-corrected chi connectivity index (χ4v) is 2.43. The average molecular weight is 275 g/mol. The van der Waals surface area contributed by atoms with Gasteiger partial charge in [0.05, 0.1) is 27.7 Å². The lowest BCUT2D eigenvalue weighted by atomic mass is 10.1. The molecule has 0 heterocycles. The monoisotopic (exact) mass is 274 g/mol. The van der Waals surface area contributed by atoms with Crippen LogP contribution in [-0.4, -0.2) is 37.6 Å². The smallest absolute Gasteiger partial charge is 0.0780 e. The third-order valence-electron chi connectivity index (χ3n) is 3.68. The van der Waals surface area contributed by atoms with Crippen molar-refractivity contribution in [1.82, 2.24) is 0 Å². The van der Waals surface area contributed by atoms with Crippen LogP contribution in [0.15, 0.2) is 0 Å². The summed E-state index contributed by atoms with van der Waals surface area (Å²) in [6.45, 7) is 3.62. The molecule has 118 valence electrons. The molecule has 2 heteroatoms. The normalized spacial score (nSPS) is 11.4. The third kappa shape index (κ3) is 20.4. The van der Waals surface area contributed by atoms with E-state index in [9.17, 15) is 0 Å². The molecule has 0 saturated heterocycles. The summed E-state index contributed by atoms with van der Waals surface area (Å²) in [6.07, 6.45) is 17.4. The van der Waals surface area contributed by atoms with E-state index >= 15 is 0 Å². The lowest BCUT2D eigenvalue weighted by Gasteiger charge is -2.23. The number of nitrogens with zero attached hydrogens (tertiary/aromatic N) is 1. The number of rotatable bonds is 13. The summed E-state index contributed by atoms with van der Waals surface area (Å²) >= 11 is 0. The zero-order valence-corrected chi connectivity index (χ0v) is 14.1. The highest BCUT2D eigenvalue weighted by Crippen LogP contribution is 2.12. The Balaban J connectivity index is 0. The van der Waals surface area contributed by atoms with Crippen molar-refractivity contribution >= 4 is 0 Å². The summed E-state index contributed by atoms with van der Waals surface area (Å²) in [5, 5.41) is 0. The lowest BCUT2D eigenvalue weighted by molar-refractivity contribution is -0.870. The Hall–Kier alpha value is -0.0800. The van der Waals surface area contributed by atoms with Crippen molar-refractivity contribution in [2.75, 3.05) is 27.7 Å². The van der Waals surface area contributed by atoms with Crippen LogP contribution in [0.4, 0.5) is 0 Å². The standard InChI is InChI=1S/C17H38N.H2O/c1-5-6-7-8-9-10-11-12-13-14-15-16-17-18(2,3)4;/h5-17H2,1-4H3;1H2/q+1;. The first-order chi connectivity index (χ1) is 8.56. The van der Waals surface area contributed by atoms with Gasteiger partial charge in [-0.3, -0.25) is 0 Å². The van der Waals surface area contributed by atoms with Crippen LogP contribution < -0.4 is 0 Å². The van der Waals surface area contributed by atoms with Gasteiger partial charge < -0.3 is 9.96 Å². The Morgan fingerprint density at radius 3 is 1.16 bits per heavy atom. The maximum absolute atomic E-state index is 2.29. The Morgan fingerprint density at radius 2 is 0.842 bits per heavy atom. The molecule has 0 spiro atoms. The molecule has 19 heavy (non-hydrogen) atoms. The SMILES string of the molecule is CCCCCCCCCCCCCC[N+](C)(C)C.O. The maximum atomic E-state index is 2.29. The number of quaternary nitrogens is 1. The van der Waals surface area contributed by atoms with E-state index in [1.54, 1.807) is 0 Å². The van der Waals surface area contributed by atoms with Gasteiger partial charge in [0.1, 0.15) is 0 Å². The molecule has 0 aliphatic carbocycles. The van der Waals surface area contributed by atoms with Gasteiger partial charge in [-0.2, -0.15) is 0 Å². The van der Waals surface area contributed by atoms with Gasteiger partial charge in [-0.1, -0.05) is 71.1 Å². The Kier molecular flexibility index (Phi) is 16.0. The van der Waals surface area contributed by atoms with Crippen LogP contribution in [0.1, 0.15) is 84.0 Å². The van der Waals surface area contributed by atoms with Crippen molar-refractivity contribution in [3.63, 3.8) is 0 Å². The van der Waals surface area contributed by atoms with Gasteiger partial charge in [0.25, 0.3) is 0 Å². The van der Waals surface area contributed by atoms with Gasteiger partial charge in [0.2, 0.25) is 0 Å². The molecular weight excluding hydrogens is 234 g/mol. The Morgan fingerprint density at radius 1 is 0.526 bits per heavy atom. The van der Waals surface area contributed by atoms with Crippen LogP contribution in [0.25, 0.3) is 0 Å². The van der Waals surface area contributed by atoms with Crippen molar-refractivity contribution in [1.29, 1.82) is 0 Å². The molecule has 0 fully saturated rings. The van der Waals surface area contributed by atoms with E-state index in [4.69, 9.17) is 0 Å². The van der Waals surface area contributed by atoms with Gasteiger partial charge in [0, 0.05) is 0 Å². The minimum absolute atomic E-state index is 0. The van der Waals surface area contributed by atoms with E-state index in [-0.39, 0.29) is 5.48 Å². The van der Waals surface area contributed by atoms with E-state index in [2.05, 4.69) is 28.1 Å². The van der Waals surface area contributed by atoms with Crippen LogP contribution in [0.3, 0.4) is 0 Å². The van der Waals surface area contributed by atoms with Gasteiger partial charge in [-0.25, -0.2) is 0 Å². The molecule has 0 bridgehead atoms. The van der Waals surface area contributed by atoms with E-state index in [1.165, 1.54) is 83.6 Å². The van der Waals surface area contributed by atoms with Crippen molar-refractivity contribution < 1.29 is 9.96 Å². The fraction of sp³-hybridized carbons (Fsp3) is 1.00. The van der Waals surface area contributed by atoms with Crippen molar-refractivity contribution in [3.05, 3.63) is 0 Å². The second-order valence-electron chi connectivity index (χ2n) is 6.90. The van der Waals surface area contributed by atoms with Crippen LogP contribution in [-0.2, 0) is 0 Å².